The summed E-state index contributed by atoms with van der Waals surface area (Å²) in [5.41, 5.74) is 3.35. The minimum Gasteiger partial charge on any atom is -0.343 e. The molecule has 1 unspecified atom stereocenters. The molecule has 1 fully saturated rings. The Bertz CT molecular complexity index is 1740. The molecular formula is C30H21ClFN5O2. The van der Waals surface area contributed by atoms with Gasteiger partial charge < -0.3 is 5.32 Å². The van der Waals surface area contributed by atoms with Crippen LogP contribution in [0.15, 0.2) is 110 Å². The number of rotatable bonds is 5. The van der Waals surface area contributed by atoms with Crippen molar-refractivity contribution >= 4 is 40.0 Å². The predicted octanol–water partition coefficient (Wildman–Crippen LogP) is 5.66. The Labute approximate surface area is 228 Å². The summed E-state index contributed by atoms with van der Waals surface area (Å²) in [6.07, 6.45) is 4.73. The summed E-state index contributed by atoms with van der Waals surface area (Å²) in [6.45, 7) is 4.05. The number of hydrogen-bond donors (Lipinski definition) is 1. The SMILES string of the molecule is C=C1C(=O)N(c2ccc3c(cnn3-c3ccc(F)cc3)c2)C(c2ccccc2Cl)[C@H]1NC(=O)c1cccnc1. The van der Waals surface area contributed by atoms with Crippen LogP contribution in [0, 0.1) is 5.82 Å². The van der Waals surface area contributed by atoms with Crippen molar-refractivity contribution in [2.75, 3.05) is 4.90 Å². The largest absolute Gasteiger partial charge is 0.343 e. The van der Waals surface area contributed by atoms with Crippen molar-refractivity contribution in [1.82, 2.24) is 20.1 Å². The lowest BCUT2D eigenvalue weighted by atomic mass is 9.97. The van der Waals surface area contributed by atoms with Crippen molar-refractivity contribution in [2.24, 2.45) is 0 Å². The van der Waals surface area contributed by atoms with E-state index < -0.39 is 12.1 Å². The van der Waals surface area contributed by atoms with Crippen LogP contribution in [0.4, 0.5) is 10.1 Å². The summed E-state index contributed by atoms with van der Waals surface area (Å²) in [7, 11) is 0. The molecule has 1 saturated heterocycles. The maximum Gasteiger partial charge on any atom is 0.256 e. The zero-order valence-electron chi connectivity index (χ0n) is 20.5. The van der Waals surface area contributed by atoms with E-state index in [4.69, 9.17) is 11.6 Å². The highest BCUT2D eigenvalue weighted by atomic mass is 35.5. The van der Waals surface area contributed by atoms with Crippen LogP contribution in [0.2, 0.25) is 5.02 Å². The van der Waals surface area contributed by atoms with Gasteiger partial charge in [-0.15, -0.1) is 0 Å². The number of nitrogens with zero attached hydrogens (tertiary/aromatic N) is 4. The fourth-order valence-electron chi connectivity index (χ4n) is 4.91. The summed E-state index contributed by atoms with van der Waals surface area (Å²) in [4.78, 5) is 32.4. The zero-order valence-corrected chi connectivity index (χ0v) is 21.2. The van der Waals surface area contributed by atoms with E-state index in [1.165, 1.54) is 18.3 Å². The molecule has 1 aliphatic heterocycles. The first-order chi connectivity index (χ1) is 18.9. The van der Waals surface area contributed by atoms with E-state index in [9.17, 15) is 14.0 Å². The summed E-state index contributed by atoms with van der Waals surface area (Å²) in [6, 6.07) is 20.7. The molecule has 7 nitrogen and oxygen atoms in total. The van der Waals surface area contributed by atoms with Gasteiger partial charge >= 0.3 is 0 Å². The molecule has 5 aromatic rings. The van der Waals surface area contributed by atoms with E-state index in [1.807, 2.05) is 30.3 Å². The van der Waals surface area contributed by atoms with Crippen molar-refractivity contribution in [3.05, 3.63) is 132 Å². The third kappa shape index (κ3) is 4.34. The number of carbonyl (C=O) groups is 2. The molecule has 2 atom stereocenters. The number of nitrogens with one attached hydrogen (secondary N) is 1. The van der Waals surface area contributed by atoms with E-state index in [0.29, 0.717) is 27.5 Å². The molecule has 1 aliphatic rings. The highest BCUT2D eigenvalue weighted by molar-refractivity contribution is 6.31. The Morgan fingerprint density at radius 1 is 0.974 bits per heavy atom. The molecule has 6 rings (SSSR count). The van der Waals surface area contributed by atoms with Crippen molar-refractivity contribution in [3.63, 3.8) is 0 Å². The lowest BCUT2D eigenvalue weighted by Gasteiger charge is -2.29. The summed E-state index contributed by atoms with van der Waals surface area (Å²) in [5.74, 6) is -1.04. The molecule has 0 aliphatic carbocycles. The van der Waals surface area contributed by atoms with Gasteiger partial charge in [-0.3, -0.25) is 19.5 Å². The lowest BCUT2D eigenvalue weighted by molar-refractivity contribution is -0.114. The van der Waals surface area contributed by atoms with Gasteiger partial charge in [-0.05, 0) is 66.2 Å². The van der Waals surface area contributed by atoms with Crippen molar-refractivity contribution in [3.8, 4) is 5.69 Å². The van der Waals surface area contributed by atoms with Crippen molar-refractivity contribution < 1.29 is 14.0 Å². The third-order valence-corrected chi connectivity index (χ3v) is 7.14. The quantitative estimate of drug-likeness (QED) is 0.294. The highest BCUT2D eigenvalue weighted by Crippen LogP contribution is 2.42. The number of amides is 2. The molecular weight excluding hydrogens is 517 g/mol. The highest BCUT2D eigenvalue weighted by Gasteiger charge is 2.46. The Morgan fingerprint density at radius 2 is 1.74 bits per heavy atom. The molecule has 2 aromatic heterocycles. The van der Waals surface area contributed by atoms with Crippen LogP contribution in [0.3, 0.4) is 0 Å². The fourth-order valence-corrected chi connectivity index (χ4v) is 5.16. The Kier molecular flexibility index (Phi) is 6.17. The molecule has 192 valence electrons. The van der Waals surface area contributed by atoms with E-state index in [1.54, 1.807) is 58.4 Å². The molecule has 0 radical (unpaired) electrons. The number of halogens is 2. The molecule has 3 aromatic carbocycles. The number of fused-ring (bicyclic) bond motifs is 1. The van der Waals surface area contributed by atoms with Gasteiger partial charge in [-0.2, -0.15) is 5.10 Å². The molecule has 9 heteroatoms. The average molecular weight is 538 g/mol. The van der Waals surface area contributed by atoms with Crippen LogP contribution in [0.1, 0.15) is 22.0 Å². The second-order valence-corrected chi connectivity index (χ2v) is 9.54. The molecule has 2 amide bonds. The first-order valence-corrected chi connectivity index (χ1v) is 12.5. The van der Waals surface area contributed by atoms with Gasteiger partial charge in [0.15, 0.2) is 0 Å². The third-order valence-electron chi connectivity index (χ3n) is 6.80. The van der Waals surface area contributed by atoms with Crippen molar-refractivity contribution in [1.29, 1.82) is 0 Å². The van der Waals surface area contributed by atoms with Crippen LogP contribution in [0.5, 0.6) is 0 Å². The number of aromatic nitrogens is 3. The Morgan fingerprint density at radius 3 is 2.49 bits per heavy atom. The monoisotopic (exact) mass is 537 g/mol. The van der Waals surface area contributed by atoms with E-state index >= 15 is 0 Å². The van der Waals surface area contributed by atoms with Gasteiger partial charge in [-0.1, -0.05) is 36.4 Å². The van der Waals surface area contributed by atoms with Crippen LogP contribution < -0.4 is 10.2 Å². The topological polar surface area (TPSA) is 80.1 Å². The smallest absolute Gasteiger partial charge is 0.256 e. The minimum absolute atomic E-state index is 0.235. The number of benzene rings is 3. The summed E-state index contributed by atoms with van der Waals surface area (Å²) in [5, 5.41) is 8.67. The van der Waals surface area contributed by atoms with E-state index in [-0.39, 0.29) is 23.2 Å². The van der Waals surface area contributed by atoms with Gasteiger partial charge in [-0.25, -0.2) is 9.07 Å². The zero-order chi connectivity index (χ0) is 27.1. The molecule has 0 spiro atoms. The number of hydrogen-bond acceptors (Lipinski definition) is 4. The van der Waals surface area contributed by atoms with Gasteiger partial charge in [0.2, 0.25) is 0 Å². The maximum atomic E-state index is 13.7. The molecule has 0 saturated carbocycles. The maximum absolute atomic E-state index is 13.7. The minimum atomic E-state index is -0.747. The van der Waals surface area contributed by atoms with Crippen molar-refractivity contribution in [2.45, 2.75) is 12.1 Å². The normalized spacial score (nSPS) is 17.1. The second kappa shape index (κ2) is 9.81. The van der Waals surface area contributed by atoms with Gasteiger partial charge in [0.25, 0.3) is 11.8 Å². The molecule has 0 bridgehead atoms. The van der Waals surface area contributed by atoms with Crippen LogP contribution in [-0.2, 0) is 4.79 Å². The number of pyridine rings is 1. The number of carbonyl (C=O) groups excluding carboxylic acids is 2. The van der Waals surface area contributed by atoms with Gasteiger partial charge in [0.05, 0.1) is 35.0 Å². The predicted molar refractivity (Wildman–Crippen MR) is 147 cm³/mol. The van der Waals surface area contributed by atoms with Crippen LogP contribution in [0.25, 0.3) is 16.6 Å². The lowest BCUT2D eigenvalue weighted by Crippen LogP contribution is -2.40. The van der Waals surface area contributed by atoms with E-state index in [0.717, 1.165) is 10.9 Å². The Balaban J connectivity index is 1.42. The van der Waals surface area contributed by atoms with Crippen LogP contribution in [-0.4, -0.2) is 32.6 Å². The molecule has 39 heavy (non-hydrogen) atoms. The second-order valence-electron chi connectivity index (χ2n) is 9.14. The van der Waals surface area contributed by atoms with Gasteiger partial charge in [0.1, 0.15) is 5.82 Å². The molecule has 1 N–H and O–H groups in total. The standard InChI is InChI=1S/C30H21ClFN5O2/c1-18-27(35-29(38)19-5-4-14-33-16-19)28(24-6-2-3-7-25(24)31)36(30(18)39)23-12-13-26-20(15-23)17-34-37(26)22-10-8-21(32)9-11-22/h2-17,27-28H,1H2,(H,35,38)/t27-,28?/m0/s1. The molecule has 3 heterocycles. The summed E-state index contributed by atoms with van der Waals surface area (Å²) >= 11 is 6.62. The first kappa shape index (κ1) is 24.5. The Hall–Kier alpha value is -4.82. The summed E-state index contributed by atoms with van der Waals surface area (Å²) < 4.78 is 15.1. The van der Waals surface area contributed by atoms with Crippen LogP contribution >= 0.6 is 11.6 Å². The number of anilines is 1. The van der Waals surface area contributed by atoms with E-state index in [2.05, 4.69) is 22.0 Å². The first-order valence-electron chi connectivity index (χ1n) is 12.1. The van der Waals surface area contributed by atoms with Gasteiger partial charge in [0, 0.05) is 34.1 Å². The fraction of sp³-hybridized carbons (Fsp3) is 0.0667. The average Bonchev–Trinajstić information content (AvgIpc) is 3.48.